The Morgan fingerprint density at radius 1 is 1.28 bits per heavy atom. The maximum absolute atomic E-state index is 12.1. The van der Waals surface area contributed by atoms with Crippen LogP contribution in [0, 0.1) is 12.3 Å². The van der Waals surface area contributed by atoms with Crippen LogP contribution in [0.25, 0.3) is 11.3 Å². The Kier molecular flexibility index (Phi) is 6.19. The molecule has 0 aliphatic carbocycles. The molecule has 1 heterocycles. The predicted octanol–water partition coefficient (Wildman–Crippen LogP) is 4.55. The van der Waals surface area contributed by atoms with E-state index < -0.39 is 5.41 Å². The summed E-state index contributed by atoms with van der Waals surface area (Å²) in [7, 11) is 1.69. The summed E-state index contributed by atoms with van der Waals surface area (Å²) in [5.74, 6) is 0.00343. The van der Waals surface area contributed by atoms with Crippen molar-refractivity contribution in [1.29, 1.82) is 0 Å². The summed E-state index contributed by atoms with van der Waals surface area (Å²) in [5.41, 5.74) is 2.38. The van der Waals surface area contributed by atoms with E-state index in [-0.39, 0.29) is 11.9 Å². The molecule has 1 aromatic heterocycles. The topological polar surface area (TPSA) is 63.2 Å². The molecular weight excluding hydrogens is 334 g/mol. The van der Waals surface area contributed by atoms with Crippen LogP contribution in [-0.2, 0) is 9.53 Å². The summed E-state index contributed by atoms with van der Waals surface area (Å²) in [6, 6.07) is 8.01. The smallest absolute Gasteiger partial charge is 0.229 e. The molecule has 0 fully saturated rings. The van der Waals surface area contributed by atoms with Crippen molar-refractivity contribution >= 4 is 28.1 Å². The lowest BCUT2D eigenvalue weighted by molar-refractivity contribution is -0.123. The number of rotatable bonds is 6. The van der Waals surface area contributed by atoms with Gasteiger partial charge in [0.15, 0.2) is 5.13 Å². The third kappa shape index (κ3) is 5.28. The molecule has 0 aliphatic rings. The molecule has 0 unspecified atom stereocenters. The van der Waals surface area contributed by atoms with E-state index in [1.54, 1.807) is 18.4 Å². The monoisotopic (exact) mass is 361 g/mol. The Morgan fingerprint density at radius 2 is 1.92 bits per heavy atom. The molecule has 0 saturated heterocycles. The van der Waals surface area contributed by atoms with Gasteiger partial charge in [0, 0.05) is 34.7 Å². The van der Waals surface area contributed by atoms with Crippen molar-refractivity contribution < 1.29 is 9.53 Å². The van der Waals surface area contributed by atoms with Crippen molar-refractivity contribution in [2.45, 2.75) is 40.7 Å². The minimum absolute atomic E-state index is 0.00343. The summed E-state index contributed by atoms with van der Waals surface area (Å²) < 4.78 is 5.15. The minimum atomic E-state index is -0.413. The van der Waals surface area contributed by atoms with Crippen molar-refractivity contribution in [3.63, 3.8) is 0 Å². The number of nitrogens with zero attached hydrogens (tertiary/aromatic N) is 1. The maximum Gasteiger partial charge on any atom is 0.229 e. The highest BCUT2D eigenvalue weighted by molar-refractivity contribution is 7.16. The van der Waals surface area contributed by atoms with E-state index in [1.807, 2.05) is 45.0 Å². The number of benzene rings is 1. The van der Waals surface area contributed by atoms with Gasteiger partial charge in [-0.05, 0) is 26.0 Å². The van der Waals surface area contributed by atoms with E-state index in [4.69, 9.17) is 9.72 Å². The Labute approximate surface area is 153 Å². The van der Waals surface area contributed by atoms with E-state index in [1.165, 1.54) is 0 Å². The van der Waals surface area contributed by atoms with Crippen LogP contribution < -0.4 is 10.6 Å². The Morgan fingerprint density at radius 3 is 2.48 bits per heavy atom. The standard InChI is InChI=1S/C19H27N3O2S/c1-12(11-24-6)20-18-22-16(13(2)25-18)14-7-9-15(10-8-14)21-17(23)19(3,4)5/h7-10,12H,11H2,1-6H3,(H,20,22)(H,21,23)/t12-/m0/s1. The number of anilines is 2. The maximum atomic E-state index is 12.1. The number of nitrogens with one attached hydrogen (secondary N) is 2. The second kappa shape index (κ2) is 7.97. The Balaban J connectivity index is 2.12. The fourth-order valence-electron chi connectivity index (χ4n) is 2.26. The summed E-state index contributed by atoms with van der Waals surface area (Å²) in [6.45, 7) is 10.5. The van der Waals surface area contributed by atoms with Crippen molar-refractivity contribution in [2.75, 3.05) is 24.4 Å². The van der Waals surface area contributed by atoms with E-state index in [2.05, 4.69) is 24.5 Å². The summed E-state index contributed by atoms with van der Waals surface area (Å²) >= 11 is 1.63. The number of hydrogen-bond donors (Lipinski definition) is 2. The zero-order valence-electron chi connectivity index (χ0n) is 15.8. The predicted molar refractivity (Wildman–Crippen MR) is 105 cm³/mol. The molecule has 2 aromatic rings. The third-order valence-electron chi connectivity index (χ3n) is 3.68. The van der Waals surface area contributed by atoms with Gasteiger partial charge in [-0.1, -0.05) is 32.9 Å². The van der Waals surface area contributed by atoms with E-state index >= 15 is 0 Å². The number of aryl methyl sites for hydroxylation is 1. The Bertz CT molecular complexity index is 717. The van der Waals surface area contributed by atoms with Crippen molar-refractivity contribution in [2.24, 2.45) is 5.41 Å². The number of methoxy groups -OCH3 is 1. The molecule has 0 radical (unpaired) electrons. The van der Waals surface area contributed by atoms with Gasteiger partial charge < -0.3 is 15.4 Å². The van der Waals surface area contributed by atoms with E-state index in [0.717, 1.165) is 27.0 Å². The molecule has 1 aromatic carbocycles. The second-order valence-electron chi connectivity index (χ2n) is 7.21. The average Bonchev–Trinajstić information content (AvgIpc) is 2.87. The number of ether oxygens (including phenoxy) is 1. The fraction of sp³-hybridized carbons (Fsp3) is 0.474. The van der Waals surface area contributed by atoms with Crippen molar-refractivity contribution in [3.05, 3.63) is 29.1 Å². The lowest BCUT2D eigenvalue weighted by Crippen LogP contribution is -2.27. The molecule has 6 heteroatoms. The number of aromatic nitrogens is 1. The molecule has 0 saturated carbocycles. The third-order valence-corrected chi connectivity index (χ3v) is 4.58. The lowest BCUT2D eigenvalue weighted by Gasteiger charge is -2.17. The van der Waals surface area contributed by atoms with Gasteiger partial charge in [0.05, 0.1) is 12.3 Å². The van der Waals surface area contributed by atoms with Gasteiger partial charge in [-0.2, -0.15) is 0 Å². The summed E-state index contributed by atoms with van der Waals surface area (Å²) in [6.07, 6.45) is 0. The van der Waals surface area contributed by atoms with Gasteiger partial charge in [-0.3, -0.25) is 4.79 Å². The van der Waals surface area contributed by atoms with Gasteiger partial charge in [0.25, 0.3) is 0 Å². The van der Waals surface area contributed by atoms with Crippen LogP contribution in [0.4, 0.5) is 10.8 Å². The SMILES string of the molecule is COC[C@H](C)Nc1nc(-c2ccc(NC(=O)C(C)(C)C)cc2)c(C)s1. The second-order valence-corrected chi connectivity index (χ2v) is 8.41. The Hall–Kier alpha value is -1.92. The molecule has 1 atom stereocenters. The molecule has 2 rings (SSSR count). The summed E-state index contributed by atoms with van der Waals surface area (Å²) in [4.78, 5) is 17.9. The first-order valence-corrected chi connectivity index (χ1v) is 9.17. The minimum Gasteiger partial charge on any atom is -0.383 e. The van der Waals surface area contributed by atoms with Gasteiger partial charge in [-0.25, -0.2) is 4.98 Å². The quantitative estimate of drug-likeness (QED) is 0.792. The highest BCUT2D eigenvalue weighted by Crippen LogP contribution is 2.31. The molecule has 0 aliphatic heterocycles. The normalized spacial score (nSPS) is 12.7. The van der Waals surface area contributed by atoms with Crippen LogP contribution in [0.15, 0.2) is 24.3 Å². The van der Waals surface area contributed by atoms with E-state index in [9.17, 15) is 4.79 Å². The van der Waals surface area contributed by atoms with Crippen LogP contribution in [0.3, 0.4) is 0 Å². The number of carbonyl (C=O) groups is 1. The van der Waals surface area contributed by atoms with Crippen LogP contribution in [0.5, 0.6) is 0 Å². The lowest BCUT2D eigenvalue weighted by atomic mass is 9.95. The van der Waals surface area contributed by atoms with Gasteiger partial charge in [0.2, 0.25) is 5.91 Å². The van der Waals surface area contributed by atoms with E-state index in [0.29, 0.717) is 6.61 Å². The van der Waals surface area contributed by atoms with Crippen molar-refractivity contribution in [3.8, 4) is 11.3 Å². The number of thiazole rings is 1. The van der Waals surface area contributed by atoms with Crippen LogP contribution >= 0.6 is 11.3 Å². The van der Waals surface area contributed by atoms with Crippen molar-refractivity contribution in [1.82, 2.24) is 4.98 Å². The first-order valence-electron chi connectivity index (χ1n) is 8.35. The molecule has 0 bridgehead atoms. The zero-order valence-corrected chi connectivity index (χ0v) is 16.6. The van der Waals surface area contributed by atoms with Gasteiger partial charge in [0.1, 0.15) is 0 Å². The van der Waals surface area contributed by atoms with Crippen LogP contribution in [0.2, 0.25) is 0 Å². The van der Waals surface area contributed by atoms with Gasteiger partial charge >= 0.3 is 0 Å². The zero-order chi connectivity index (χ0) is 18.6. The molecule has 25 heavy (non-hydrogen) atoms. The molecule has 1 amide bonds. The van der Waals surface area contributed by atoms with Crippen LogP contribution in [0.1, 0.15) is 32.6 Å². The molecule has 136 valence electrons. The largest absolute Gasteiger partial charge is 0.383 e. The van der Waals surface area contributed by atoms with Crippen LogP contribution in [-0.4, -0.2) is 30.6 Å². The highest BCUT2D eigenvalue weighted by Gasteiger charge is 2.21. The molecule has 0 spiro atoms. The molecular formula is C19H27N3O2S. The van der Waals surface area contributed by atoms with Gasteiger partial charge in [-0.15, -0.1) is 11.3 Å². The fourth-order valence-corrected chi connectivity index (χ4v) is 3.21. The number of amides is 1. The first kappa shape index (κ1) is 19.4. The molecule has 2 N–H and O–H groups in total. The number of hydrogen-bond acceptors (Lipinski definition) is 5. The molecule has 5 nitrogen and oxygen atoms in total. The highest BCUT2D eigenvalue weighted by atomic mass is 32.1. The number of carbonyl (C=O) groups excluding carboxylic acids is 1. The first-order chi connectivity index (χ1) is 11.7. The average molecular weight is 362 g/mol. The summed E-state index contributed by atoms with van der Waals surface area (Å²) in [5, 5.41) is 7.18.